The summed E-state index contributed by atoms with van der Waals surface area (Å²) >= 11 is 14.1. The van der Waals surface area contributed by atoms with Crippen molar-refractivity contribution in [2.24, 2.45) is 0 Å². The van der Waals surface area contributed by atoms with Crippen LogP contribution in [0.3, 0.4) is 0 Å². The molecule has 0 saturated carbocycles. The molecule has 0 atom stereocenters. The average molecular weight is 448 g/mol. The second kappa shape index (κ2) is 9.53. The first-order valence-electron chi connectivity index (χ1n) is 8.94. The van der Waals surface area contributed by atoms with Gasteiger partial charge in [0.25, 0.3) is 5.56 Å². The third-order valence-electron chi connectivity index (χ3n) is 4.49. The minimum absolute atomic E-state index is 0.0838. The molecule has 0 radical (unpaired) electrons. The molecule has 3 rings (SSSR count). The predicted octanol–water partition coefficient (Wildman–Crippen LogP) is 5.70. The minimum atomic E-state index is -0.968. The van der Waals surface area contributed by atoms with Crippen LogP contribution in [-0.2, 0) is 18.7 Å². The van der Waals surface area contributed by atoms with Crippen LogP contribution < -0.4 is 5.56 Å². The van der Waals surface area contributed by atoms with E-state index in [0.29, 0.717) is 23.7 Å². The summed E-state index contributed by atoms with van der Waals surface area (Å²) in [6, 6.07) is 16.2. The summed E-state index contributed by atoms with van der Waals surface area (Å²) in [7, 11) is 0. The van der Waals surface area contributed by atoms with E-state index in [-0.39, 0.29) is 16.1 Å². The van der Waals surface area contributed by atoms with Crippen molar-refractivity contribution in [3.8, 4) is 0 Å². The fourth-order valence-corrected chi connectivity index (χ4v) is 4.61. The summed E-state index contributed by atoms with van der Waals surface area (Å²) in [5.41, 5.74) is 2.76. The van der Waals surface area contributed by atoms with Gasteiger partial charge in [-0.05, 0) is 49.2 Å². The Hall–Kier alpha value is -2.21. The van der Waals surface area contributed by atoms with Crippen molar-refractivity contribution in [1.29, 1.82) is 0 Å². The highest BCUT2D eigenvalue weighted by Crippen LogP contribution is 2.28. The largest absolute Gasteiger partial charge is 0.478 e. The standard InChI is InChI=1S/C22H19Cl2NO3S/c1-14-3-2-4-17(11-14)29-13-20-18(23)12-19(24)21(26)25(20)10-9-15-5-7-16(8-6-15)22(27)28/h2-8,11-12H,9-10,13H2,1H3,(H,27,28). The molecule has 150 valence electrons. The number of aryl methyl sites for hydroxylation is 2. The van der Waals surface area contributed by atoms with E-state index in [2.05, 4.69) is 6.07 Å². The van der Waals surface area contributed by atoms with E-state index in [4.69, 9.17) is 28.3 Å². The lowest BCUT2D eigenvalue weighted by molar-refractivity contribution is 0.0697. The Bertz CT molecular complexity index is 1090. The molecular formula is C22H19Cl2NO3S. The number of carboxylic acid groups (broad SMARTS) is 1. The van der Waals surface area contributed by atoms with Crippen molar-refractivity contribution in [3.05, 3.63) is 97.4 Å². The summed E-state index contributed by atoms with van der Waals surface area (Å²) < 4.78 is 1.61. The third kappa shape index (κ3) is 5.44. The van der Waals surface area contributed by atoms with Crippen molar-refractivity contribution in [1.82, 2.24) is 4.57 Å². The Labute approximate surface area is 183 Å². The van der Waals surface area contributed by atoms with Crippen LogP contribution >= 0.6 is 35.0 Å². The molecule has 0 spiro atoms. The normalized spacial score (nSPS) is 10.9. The number of halogens is 2. The zero-order valence-corrected chi connectivity index (χ0v) is 18.0. The Kier molecular flexibility index (Phi) is 7.06. The highest BCUT2D eigenvalue weighted by atomic mass is 35.5. The molecule has 1 heterocycles. The lowest BCUT2D eigenvalue weighted by atomic mass is 10.1. The number of pyridine rings is 1. The summed E-state index contributed by atoms with van der Waals surface area (Å²) in [6.45, 7) is 2.43. The quantitative estimate of drug-likeness (QED) is 0.472. The van der Waals surface area contributed by atoms with Crippen molar-refractivity contribution in [2.75, 3.05) is 0 Å². The first-order valence-corrected chi connectivity index (χ1v) is 10.7. The van der Waals surface area contributed by atoms with E-state index in [1.165, 1.54) is 11.6 Å². The van der Waals surface area contributed by atoms with Gasteiger partial charge >= 0.3 is 5.97 Å². The number of benzene rings is 2. The number of carboxylic acids is 1. The van der Waals surface area contributed by atoms with E-state index < -0.39 is 5.97 Å². The van der Waals surface area contributed by atoms with Crippen molar-refractivity contribution >= 4 is 40.9 Å². The Morgan fingerprint density at radius 1 is 1.07 bits per heavy atom. The van der Waals surface area contributed by atoms with E-state index in [1.54, 1.807) is 40.6 Å². The predicted molar refractivity (Wildman–Crippen MR) is 119 cm³/mol. The number of hydrogen-bond donors (Lipinski definition) is 1. The molecule has 2 aromatic carbocycles. The van der Waals surface area contributed by atoms with Gasteiger partial charge < -0.3 is 9.67 Å². The molecular weight excluding hydrogens is 429 g/mol. The minimum Gasteiger partial charge on any atom is -0.478 e. The summed E-state index contributed by atoms with van der Waals surface area (Å²) in [5.74, 6) is -0.433. The molecule has 0 bridgehead atoms. The van der Waals surface area contributed by atoms with Crippen LogP contribution in [0.25, 0.3) is 0 Å². The SMILES string of the molecule is Cc1cccc(SCc2c(Cl)cc(Cl)c(=O)n2CCc2ccc(C(=O)O)cc2)c1. The molecule has 29 heavy (non-hydrogen) atoms. The Balaban J connectivity index is 1.82. The molecule has 0 unspecified atom stereocenters. The lowest BCUT2D eigenvalue weighted by Gasteiger charge is -2.15. The van der Waals surface area contributed by atoms with Crippen LogP contribution in [-0.4, -0.2) is 15.6 Å². The number of thioether (sulfide) groups is 1. The molecule has 0 amide bonds. The van der Waals surface area contributed by atoms with Crippen LogP contribution in [0.5, 0.6) is 0 Å². The second-order valence-corrected chi connectivity index (χ2v) is 8.46. The van der Waals surface area contributed by atoms with E-state index >= 15 is 0 Å². The molecule has 4 nitrogen and oxygen atoms in total. The highest BCUT2D eigenvalue weighted by Gasteiger charge is 2.14. The number of nitrogens with zero attached hydrogens (tertiary/aromatic N) is 1. The molecule has 0 fully saturated rings. The summed E-state index contributed by atoms with van der Waals surface area (Å²) in [6.07, 6.45) is 0.554. The monoisotopic (exact) mass is 447 g/mol. The number of aromatic nitrogens is 1. The van der Waals surface area contributed by atoms with Crippen molar-refractivity contribution in [2.45, 2.75) is 30.5 Å². The van der Waals surface area contributed by atoms with Gasteiger partial charge in [0, 0.05) is 17.2 Å². The van der Waals surface area contributed by atoms with Gasteiger partial charge in [-0.3, -0.25) is 4.79 Å². The molecule has 1 N–H and O–H groups in total. The highest BCUT2D eigenvalue weighted by molar-refractivity contribution is 7.98. The zero-order chi connectivity index (χ0) is 21.0. The topological polar surface area (TPSA) is 59.3 Å². The number of aromatic carboxylic acids is 1. The van der Waals surface area contributed by atoms with Gasteiger partial charge in [0.1, 0.15) is 5.02 Å². The Morgan fingerprint density at radius 2 is 1.79 bits per heavy atom. The maximum absolute atomic E-state index is 12.7. The fraction of sp³-hybridized carbons (Fsp3) is 0.182. The molecule has 7 heteroatoms. The van der Waals surface area contributed by atoms with Gasteiger partial charge in [0.05, 0.1) is 16.3 Å². The molecule has 0 aliphatic carbocycles. The van der Waals surface area contributed by atoms with Crippen LogP contribution in [0.15, 0.2) is 64.3 Å². The van der Waals surface area contributed by atoms with E-state index in [1.807, 2.05) is 25.1 Å². The smallest absolute Gasteiger partial charge is 0.335 e. The van der Waals surface area contributed by atoms with E-state index in [0.717, 1.165) is 16.2 Å². The summed E-state index contributed by atoms with van der Waals surface area (Å²) in [4.78, 5) is 24.7. The van der Waals surface area contributed by atoms with Crippen molar-refractivity contribution in [3.63, 3.8) is 0 Å². The first-order chi connectivity index (χ1) is 13.8. The lowest BCUT2D eigenvalue weighted by Crippen LogP contribution is -2.25. The molecule has 0 aliphatic heterocycles. The number of rotatable bonds is 7. The van der Waals surface area contributed by atoms with Gasteiger partial charge in [-0.2, -0.15) is 0 Å². The van der Waals surface area contributed by atoms with Gasteiger partial charge in [-0.15, -0.1) is 11.8 Å². The number of carbonyl (C=O) groups is 1. The van der Waals surface area contributed by atoms with Crippen LogP contribution in [0.1, 0.15) is 27.2 Å². The van der Waals surface area contributed by atoms with Crippen molar-refractivity contribution < 1.29 is 9.90 Å². The van der Waals surface area contributed by atoms with Crippen LogP contribution in [0.4, 0.5) is 0 Å². The maximum Gasteiger partial charge on any atom is 0.335 e. The van der Waals surface area contributed by atoms with Crippen LogP contribution in [0.2, 0.25) is 10.0 Å². The molecule has 0 aliphatic rings. The Morgan fingerprint density at radius 3 is 2.45 bits per heavy atom. The zero-order valence-electron chi connectivity index (χ0n) is 15.7. The maximum atomic E-state index is 12.7. The fourth-order valence-electron chi connectivity index (χ4n) is 2.93. The number of hydrogen-bond acceptors (Lipinski definition) is 3. The van der Waals surface area contributed by atoms with Gasteiger partial charge in [0.15, 0.2) is 0 Å². The van der Waals surface area contributed by atoms with Gasteiger partial charge in [-0.25, -0.2) is 4.79 Å². The first kappa shape index (κ1) is 21.5. The second-order valence-electron chi connectivity index (χ2n) is 6.60. The molecule has 0 saturated heterocycles. The average Bonchev–Trinajstić information content (AvgIpc) is 2.69. The summed E-state index contributed by atoms with van der Waals surface area (Å²) in [5, 5.41) is 9.55. The van der Waals surface area contributed by atoms with E-state index in [9.17, 15) is 9.59 Å². The molecule has 3 aromatic rings. The van der Waals surface area contributed by atoms with Crippen LogP contribution in [0, 0.1) is 6.92 Å². The van der Waals surface area contributed by atoms with Gasteiger partial charge in [-0.1, -0.05) is 53.0 Å². The molecule has 1 aromatic heterocycles. The van der Waals surface area contributed by atoms with Gasteiger partial charge in [0.2, 0.25) is 0 Å². The third-order valence-corrected chi connectivity index (χ3v) is 6.10.